The van der Waals surface area contributed by atoms with E-state index in [1.807, 2.05) is 24.3 Å². The maximum atomic E-state index is 12.2. The van der Waals surface area contributed by atoms with Crippen molar-refractivity contribution in [2.24, 2.45) is 0 Å². The quantitative estimate of drug-likeness (QED) is 0.740. The topological polar surface area (TPSA) is 76.1 Å². The van der Waals surface area contributed by atoms with Gasteiger partial charge in [-0.25, -0.2) is 9.97 Å². The Morgan fingerprint density at radius 3 is 2.58 bits per heavy atom. The lowest BCUT2D eigenvalue weighted by molar-refractivity contribution is 0.0953. The second-order valence-electron chi connectivity index (χ2n) is 6.26. The van der Waals surface area contributed by atoms with Crippen LogP contribution >= 0.6 is 0 Å². The van der Waals surface area contributed by atoms with Gasteiger partial charge in [0.25, 0.3) is 5.91 Å². The molecule has 26 heavy (non-hydrogen) atoms. The van der Waals surface area contributed by atoms with Crippen molar-refractivity contribution in [3.63, 3.8) is 0 Å². The van der Waals surface area contributed by atoms with Crippen LogP contribution < -0.4 is 15.4 Å². The van der Waals surface area contributed by atoms with Gasteiger partial charge in [0.05, 0.1) is 12.7 Å². The Morgan fingerprint density at radius 2 is 1.92 bits per heavy atom. The molecular weight excluding hydrogens is 328 g/mol. The van der Waals surface area contributed by atoms with Gasteiger partial charge in [0.1, 0.15) is 5.75 Å². The summed E-state index contributed by atoms with van der Waals surface area (Å²) in [4.78, 5) is 20.6. The highest BCUT2D eigenvalue weighted by molar-refractivity contribution is 5.93. The molecule has 1 heterocycles. The fourth-order valence-corrected chi connectivity index (χ4v) is 2.88. The van der Waals surface area contributed by atoms with Crippen LogP contribution in [0, 0.1) is 0 Å². The van der Waals surface area contributed by atoms with E-state index >= 15 is 0 Å². The van der Waals surface area contributed by atoms with Gasteiger partial charge in [-0.3, -0.25) is 4.79 Å². The minimum atomic E-state index is -0.141. The summed E-state index contributed by atoms with van der Waals surface area (Å²) in [7, 11) is 1.63. The van der Waals surface area contributed by atoms with Gasteiger partial charge in [0.2, 0.25) is 5.95 Å². The van der Waals surface area contributed by atoms with Crippen LogP contribution in [0.25, 0.3) is 0 Å². The molecule has 0 atom stereocenters. The van der Waals surface area contributed by atoms with Crippen LogP contribution in [0.4, 0.5) is 11.6 Å². The second kappa shape index (κ2) is 8.99. The van der Waals surface area contributed by atoms with Gasteiger partial charge in [-0.1, -0.05) is 11.6 Å². The first-order chi connectivity index (χ1) is 12.7. The van der Waals surface area contributed by atoms with Crippen molar-refractivity contribution in [3.8, 4) is 5.75 Å². The molecule has 6 heteroatoms. The lowest BCUT2D eigenvalue weighted by Gasteiger charge is -2.13. The first kappa shape index (κ1) is 17.9. The number of methoxy groups -OCH3 is 1. The van der Waals surface area contributed by atoms with Gasteiger partial charge in [-0.15, -0.1) is 0 Å². The van der Waals surface area contributed by atoms with Crippen LogP contribution in [0.15, 0.2) is 48.3 Å². The normalized spacial score (nSPS) is 13.7. The van der Waals surface area contributed by atoms with E-state index in [1.165, 1.54) is 37.2 Å². The molecule has 0 radical (unpaired) electrons. The van der Waals surface area contributed by atoms with Crippen LogP contribution in [0.2, 0.25) is 0 Å². The molecule has 0 spiro atoms. The molecule has 136 valence electrons. The number of nitrogens with one attached hydrogen (secondary N) is 2. The molecule has 1 aliphatic rings. The minimum absolute atomic E-state index is 0.141. The van der Waals surface area contributed by atoms with Crippen LogP contribution in [0.3, 0.4) is 0 Å². The third kappa shape index (κ3) is 5.05. The lowest BCUT2D eigenvalue weighted by atomic mass is 9.97. The van der Waals surface area contributed by atoms with Gasteiger partial charge in [0, 0.05) is 24.6 Å². The summed E-state index contributed by atoms with van der Waals surface area (Å²) in [6.07, 6.45) is 11.2. The summed E-state index contributed by atoms with van der Waals surface area (Å²) in [5, 5.41) is 6.02. The molecular formula is C20H24N4O2. The van der Waals surface area contributed by atoms with Crippen LogP contribution in [-0.2, 0) is 0 Å². The summed E-state index contributed by atoms with van der Waals surface area (Å²) in [5.41, 5.74) is 2.76. The van der Waals surface area contributed by atoms with Crippen molar-refractivity contribution in [1.82, 2.24) is 15.3 Å². The number of anilines is 2. The van der Waals surface area contributed by atoms with E-state index in [-0.39, 0.29) is 5.91 Å². The number of carbonyl (C=O) groups is 1. The van der Waals surface area contributed by atoms with Crippen molar-refractivity contribution < 1.29 is 9.53 Å². The number of aromatic nitrogens is 2. The monoisotopic (exact) mass is 352 g/mol. The summed E-state index contributed by atoms with van der Waals surface area (Å²) in [5.74, 6) is 1.09. The number of allylic oxidation sites excluding steroid dienone is 1. The fourth-order valence-electron chi connectivity index (χ4n) is 2.88. The Hall–Kier alpha value is -2.89. The van der Waals surface area contributed by atoms with Crippen molar-refractivity contribution in [3.05, 3.63) is 53.9 Å². The summed E-state index contributed by atoms with van der Waals surface area (Å²) >= 11 is 0. The highest BCUT2D eigenvalue weighted by Gasteiger charge is 2.08. The van der Waals surface area contributed by atoms with E-state index in [0.717, 1.165) is 24.3 Å². The predicted molar refractivity (Wildman–Crippen MR) is 102 cm³/mol. The van der Waals surface area contributed by atoms with E-state index < -0.39 is 0 Å². The Balaban J connectivity index is 1.49. The number of rotatable bonds is 7. The van der Waals surface area contributed by atoms with Crippen molar-refractivity contribution in [2.75, 3.05) is 19.0 Å². The third-order valence-electron chi connectivity index (χ3n) is 4.38. The number of ether oxygens (including phenoxy) is 1. The molecule has 0 saturated carbocycles. The Morgan fingerprint density at radius 1 is 1.15 bits per heavy atom. The first-order valence-electron chi connectivity index (χ1n) is 8.94. The molecule has 0 fully saturated rings. The summed E-state index contributed by atoms with van der Waals surface area (Å²) in [6, 6.07) is 7.46. The van der Waals surface area contributed by atoms with Gasteiger partial charge in [-0.2, -0.15) is 0 Å². The van der Waals surface area contributed by atoms with E-state index in [2.05, 4.69) is 26.7 Å². The molecule has 0 bridgehead atoms. The highest BCUT2D eigenvalue weighted by Crippen LogP contribution is 2.19. The number of carbonyl (C=O) groups excluding carboxylic acids is 1. The molecule has 0 aliphatic heterocycles. The molecule has 6 nitrogen and oxygen atoms in total. The molecule has 1 amide bonds. The molecule has 2 aromatic rings. The van der Waals surface area contributed by atoms with E-state index in [1.54, 1.807) is 7.11 Å². The molecule has 0 saturated heterocycles. The Kier molecular flexibility index (Phi) is 6.19. The van der Waals surface area contributed by atoms with Gasteiger partial charge in [-0.05, 0) is 56.4 Å². The zero-order valence-corrected chi connectivity index (χ0v) is 15.0. The predicted octanol–water partition coefficient (Wildman–Crippen LogP) is 3.85. The maximum absolute atomic E-state index is 12.2. The van der Waals surface area contributed by atoms with Gasteiger partial charge < -0.3 is 15.4 Å². The van der Waals surface area contributed by atoms with Gasteiger partial charge in [0.15, 0.2) is 0 Å². The number of hydrogen-bond acceptors (Lipinski definition) is 5. The van der Waals surface area contributed by atoms with Crippen molar-refractivity contribution >= 4 is 17.5 Å². The molecule has 0 unspecified atom stereocenters. The first-order valence-corrected chi connectivity index (χ1v) is 8.94. The van der Waals surface area contributed by atoms with Gasteiger partial charge >= 0.3 is 0 Å². The van der Waals surface area contributed by atoms with Crippen molar-refractivity contribution in [1.29, 1.82) is 0 Å². The summed E-state index contributed by atoms with van der Waals surface area (Å²) in [6.45, 7) is 0.649. The molecule has 1 aromatic heterocycles. The fraction of sp³-hybridized carbons (Fsp3) is 0.350. The Bertz CT molecular complexity index is 754. The number of benzene rings is 1. The minimum Gasteiger partial charge on any atom is -0.497 e. The zero-order valence-electron chi connectivity index (χ0n) is 15.0. The zero-order chi connectivity index (χ0) is 18.2. The maximum Gasteiger partial charge on any atom is 0.254 e. The average Bonchev–Trinajstić information content (AvgIpc) is 2.70. The highest BCUT2D eigenvalue weighted by atomic mass is 16.5. The molecule has 3 rings (SSSR count). The number of amides is 1. The third-order valence-corrected chi connectivity index (χ3v) is 4.38. The molecule has 2 N–H and O–H groups in total. The molecule has 1 aromatic carbocycles. The molecule has 1 aliphatic carbocycles. The van der Waals surface area contributed by atoms with Crippen LogP contribution in [0.1, 0.15) is 42.5 Å². The largest absolute Gasteiger partial charge is 0.497 e. The Labute approximate surface area is 153 Å². The van der Waals surface area contributed by atoms with Crippen molar-refractivity contribution in [2.45, 2.75) is 32.1 Å². The summed E-state index contributed by atoms with van der Waals surface area (Å²) < 4.78 is 5.13. The number of hydrogen-bond donors (Lipinski definition) is 2. The lowest BCUT2D eigenvalue weighted by Crippen LogP contribution is -2.25. The average molecular weight is 352 g/mol. The van der Waals surface area contributed by atoms with Crippen LogP contribution in [-0.4, -0.2) is 29.5 Å². The van der Waals surface area contributed by atoms with Crippen LogP contribution in [0.5, 0.6) is 5.75 Å². The number of nitrogens with zero attached hydrogens (tertiary/aromatic N) is 2. The van der Waals surface area contributed by atoms with E-state index in [0.29, 0.717) is 18.1 Å². The SMILES string of the molecule is COc1ccc(Nc2ncc(C(=O)NCCC3=CCCCC3)cn2)cc1. The second-order valence-corrected chi connectivity index (χ2v) is 6.26. The van der Waals surface area contributed by atoms with E-state index in [4.69, 9.17) is 4.74 Å². The smallest absolute Gasteiger partial charge is 0.254 e. The standard InChI is InChI=1S/C20H24N4O2/c1-26-18-9-7-17(8-10-18)24-20-22-13-16(14-23-20)19(25)21-12-11-15-5-3-2-4-6-15/h5,7-10,13-14H,2-4,6,11-12H2,1H3,(H,21,25)(H,22,23,24). The van der Waals surface area contributed by atoms with E-state index in [9.17, 15) is 4.79 Å².